The quantitative estimate of drug-likeness (QED) is 0.596. The molecule has 0 aromatic heterocycles. The van der Waals surface area contributed by atoms with Gasteiger partial charge in [-0.15, -0.1) is 0 Å². The number of urea groups is 1. The zero-order valence-corrected chi connectivity index (χ0v) is 12.4. The minimum Gasteiger partial charge on any atom is -0.506 e. The molecule has 1 aromatic rings. The zero-order valence-electron chi connectivity index (χ0n) is 12.4. The fraction of sp³-hybridized carbons (Fsp3) is 0.429. The fourth-order valence-electron chi connectivity index (χ4n) is 1.68. The number of anilines is 1. The Morgan fingerprint density at radius 3 is 2.52 bits per heavy atom. The highest BCUT2D eigenvalue weighted by atomic mass is 16.4. The van der Waals surface area contributed by atoms with Crippen molar-refractivity contribution in [3.8, 4) is 5.75 Å². The summed E-state index contributed by atoms with van der Waals surface area (Å²) in [6, 6.07) is 3.29. The van der Waals surface area contributed by atoms with Crippen molar-refractivity contribution in [2.75, 3.05) is 26.0 Å². The Kier molecular flexibility index (Phi) is 5.98. The first kappa shape index (κ1) is 16.8. The van der Waals surface area contributed by atoms with E-state index in [2.05, 4.69) is 10.6 Å². The Hall–Kier alpha value is -2.28. The monoisotopic (exact) mass is 295 g/mol. The van der Waals surface area contributed by atoms with Crippen LogP contribution in [0.3, 0.4) is 0 Å². The Morgan fingerprint density at radius 1 is 1.33 bits per heavy atom. The van der Waals surface area contributed by atoms with Crippen molar-refractivity contribution in [3.05, 3.63) is 23.8 Å². The summed E-state index contributed by atoms with van der Waals surface area (Å²) in [5.74, 6) is -1.43. The van der Waals surface area contributed by atoms with E-state index < -0.39 is 12.0 Å². The predicted octanol–water partition coefficient (Wildman–Crippen LogP) is 1.55. The van der Waals surface area contributed by atoms with E-state index in [0.717, 1.165) is 19.0 Å². The van der Waals surface area contributed by atoms with Crippen LogP contribution in [0.1, 0.15) is 23.7 Å². The van der Waals surface area contributed by atoms with Gasteiger partial charge in [-0.3, -0.25) is 0 Å². The summed E-state index contributed by atoms with van der Waals surface area (Å²) in [6.45, 7) is 2.73. The van der Waals surface area contributed by atoms with Gasteiger partial charge in [-0.05, 0) is 52.2 Å². The zero-order chi connectivity index (χ0) is 16.0. The number of hydrogen-bond donors (Lipinski definition) is 4. The molecule has 0 aliphatic rings. The number of nitrogens with zero attached hydrogens (tertiary/aromatic N) is 1. The summed E-state index contributed by atoms with van der Waals surface area (Å²) in [4.78, 5) is 24.5. The van der Waals surface area contributed by atoms with E-state index >= 15 is 0 Å². The molecule has 7 nitrogen and oxygen atoms in total. The average molecular weight is 295 g/mol. The molecule has 0 aliphatic heterocycles. The van der Waals surface area contributed by atoms with Crippen molar-refractivity contribution < 1.29 is 19.8 Å². The molecule has 0 fully saturated rings. The standard InChI is InChI=1S/C14H21N3O4/c1-9(6-7-17(2)3)15-14(21)16-11-5-4-10(13(19)20)8-12(11)18/h4-5,8-9,18H,6-7H2,1-3H3,(H,19,20)(H2,15,16,21). The molecule has 0 radical (unpaired) electrons. The maximum atomic E-state index is 11.8. The van der Waals surface area contributed by atoms with Crippen LogP contribution >= 0.6 is 0 Å². The number of benzene rings is 1. The molecule has 4 N–H and O–H groups in total. The van der Waals surface area contributed by atoms with E-state index in [4.69, 9.17) is 5.11 Å². The number of carbonyl (C=O) groups excluding carboxylic acids is 1. The Morgan fingerprint density at radius 2 is 2.00 bits per heavy atom. The van der Waals surface area contributed by atoms with Gasteiger partial charge >= 0.3 is 12.0 Å². The number of aromatic carboxylic acids is 1. The van der Waals surface area contributed by atoms with Gasteiger partial charge < -0.3 is 25.7 Å². The van der Waals surface area contributed by atoms with Gasteiger partial charge in [0.25, 0.3) is 0 Å². The average Bonchev–Trinajstić information content (AvgIpc) is 2.38. The third-order valence-corrected chi connectivity index (χ3v) is 2.88. The minimum absolute atomic E-state index is 0.0205. The molecular weight excluding hydrogens is 274 g/mol. The summed E-state index contributed by atoms with van der Waals surface area (Å²) >= 11 is 0. The van der Waals surface area contributed by atoms with Crippen molar-refractivity contribution in [2.24, 2.45) is 0 Å². The number of phenolic OH excluding ortho intramolecular Hbond substituents is 1. The second-order valence-corrected chi connectivity index (χ2v) is 5.13. The SMILES string of the molecule is CC(CCN(C)C)NC(=O)Nc1ccc(C(=O)O)cc1O. The molecule has 2 amide bonds. The van der Waals surface area contributed by atoms with E-state index in [1.54, 1.807) is 0 Å². The molecule has 1 rings (SSSR count). The molecule has 1 unspecified atom stereocenters. The normalized spacial score (nSPS) is 12.0. The molecule has 116 valence electrons. The van der Waals surface area contributed by atoms with Crippen LogP contribution in [0.15, 0.2) is 18.2 Å². The van der Waals surface area contributed by atoms with E-state index in [1.165, 1.54) is 12.1 Å². The van der Waals surface area contributed by atoms with Crippen LogP contribution in [-0.2, 0) is 0 Å². The molecule has 0 saturated heterocycles. The molecule has 0 saturated carbocycles. The Labute approximate surface area is 123 Å². The van der Waals surface area contributed by atoms with E-state index in [0.29, 0.717) is 0 Å². The largest absolute Gasteiger partial charge is 0.506 e. The van der Waals surface area contributed by atoms with Crippen LogP contribution in [0.4, 0.5) is 10.5 Å². The lowest BCUT2D eigenvalue weighted by Gasteiger charge is -2.17. The van der Waals surface area contributed by atoms with Gasteiger partial charge in [0.15, 0.2) is 0 Å². The molecule has 1 atom stereocenters. The maximum absolute atomic E-state index is 11.8. The Bertz CT molecular complexity index is 517. The number of amides is 2. The number of nitrogens with one attached hydrogen (secondary N) is 2. The smallest absolute Gasteiger partial charge is 0.335 e. The number of carbonyl (C=O) groups is 2. The number of carboxylic acid groups (broad SMARTS) is 1. The second-order valence-electron chi connectivity index (χ2n) is 5.13. The molecule has 1 aromatic carbocycles. The van der Waals surface area contributed by atoms with Crippen LogP contribution in [-0.4, -0.2) is 53.8 Å². The first-order chi connectivity index (χ1) is 9.79. The molecule has 0 spiro atoms. The lowest BCUT2D eigenvalue weighted by Crippen LogP contribution is -2.37. The topological polar surface area (TPSA) is 102 Å². The highest BCUT2D eigenvalue weighted by Crippen LogP contribution is 2.24. The van der Waals surface area contributed by atoms with Crippen LogP contribution < -0.4 is 10.6 Å². The number of phenols is 1. The second kappa shape index (κ2) is 7.49. The van der Waals surface area contributed by atoms with Crippen LogP contribution in [0.5, 0.6) is 5.75 Å². The van der Waals surface area contributed by atoms with Crippen molar-refractivity contribution in [1.82, 2.24) is 10.2 Å². The molecule has 21 heavy (non-hydrogen) atoms. The van der Waals surface area contributed by atoms with Crippen molar-refractivity contribution in [2.45, 2.75) is 19.4 Å². The maximum Gasteiger partial charge on any atom is 0.335 e. The van der Waals surface area contributed by atoms with E-state index in [9.17, 15) is 14.7 Å². The third-order valence-electron chi connectivity index (χ3n) is 2.88. The number of hydrogen-bond acceptors (Lipinski definition) is 4. The highest BCUT2D eigenvalue weighted by molar-refractivity contribution is 5.93. The van der Waals surface area contributed by atoms with Crippen LogP contribution in [0.2, 0.25) is 0 Å². The first-order valence-electron chi connectivity index (χ1n) is 6.58. The van der Waals surface area contributed by atoms with Gasteiger partial charge in [0, 0.05) is 6.04 Å². The van der Waals surface area contributed by atoms with Gasteiger partial charge in [0.1, 0.15) is 5.75 Å². The number of carboxylic acids is 1. The van der Waals surface area contributed by atoms with Gasteiger partial charge in [0.05, 0.1) is 11.3 Å². The molecular formula is C14H21N3O4. The van der Waals surface area contributed by atoms with Crippen LogP contribution in [0, 0.1) is 0 Å². The Balaban J connectivity index is 2.57. The molecule has 0 bridgehead atoms. The lowest BCUT2D eigenvalue weighted by atomic mass is 10.2. The third kappa shape index (κ3) is 5.70. The summed E-state index contributed by atoms with van der Waals surface area (Å²) in [7, 11) is 3.91. The van der Waals surface area contributed by atoms with E-state index in [-0.39, 0.29) is 23.0 Å². The fourth-order valence-corrected chi connectivity index (χ4v) is 1.68. The minimum atomic E-state index is -1.14. The molecule has 0 aliphatic carbocycles. The van der Waals surface area contributed by atoms with Crippen molar-refractivity contribution in [3.63, 3.8) is 0 Å². The van der Waals surface area contributed by atoms with Gasteiger partial charge in [-0.1, -0.05) is 0 Å². The van der Waals surface area contributed by atoms with Gasteiger partial charge in [0.2, 0.25) is 0 Å². The summed E-state index contributed by atoms with van der Waals surface area (Å²) in [5, 5.41) is 23.7. The van der Waals surface area contributed by atoms with Gasteiger partial charge in [-0.25, -0.2) is 9.59 Å². The molecule has 7 heteroatoms. The first-order valence-corrected chi connectivity index (χ1v) is 6.58. The summed E-state index contributed by atoms with van der Waals surface area (Å²) in [6.07, 6.45) is 0.796. The number of aromatic hydroxyl groups is 1. The number of rotatable bonds is 6. The highest BCUT2D eigenvalue weighted by Gasteiger charge is 2.12. The predicted molar refractivity (Wildman–Crippen MR) is 79.9 cm³/mol. The lowest BCUT2D eigenvalue weighted by molar-refractivity contribution is 0.0696. The summed E-state index contributed by atoms with van der Waals surface area (Å²) in [5.41, 5.74) is 0.120. The van der Waals surface area contributed by atoms with Crippen molar-refractivity contribution in [1.29, 1.82) is 0 Å². The van der Waals surface area contributed by atoms with Crippen LogP contribution in [0.25, 0.3) is 0 Å². The van der Waals surface area contributed by atoms with E-state index in [1.807, 2.05) is 25.9 Å². The van der Waals surface area contributed by atoms with Crippen molar-refractivity contribution >= 4 is 17.7 Å². The van der Waals surface area contributed by atoms with Gasteiger partial charge in [-0.2, -0.15) is 0 Å². The summed E-state index contributed by atoms with van der Waals surface area (Å²) < 4.78 is 0. The molecule has 0 heterocycles.